The molecule has 3 amide bonds. The van der Waals surface area contributed by atoms with Crippen molar-refractivity contribution < 1.29 is 19.1 Å². The number of benzene rings is 1. The van der Waals surface area contributed by atoms with Crippen LogP contribution in [0.15, 0.2) is 35.7 Å². The topological polar surface area (TPSA) is 109 Å². The van der Waals surface area contributed by atoms with Crippen LogP contribution in [0.2, 0.25) is 0 Å². The molecule has 0 unspecified atom stereocenters. The number of rotatable bonds is 7. The predicted octanol–water partition coefficient (Wildman–Crippen LogP) is 2.15. The number of amides is 3. The van der Waals surface area contributed by atoms with Gasteiger partial charge in [-0.1, -0.05) is 30.3 Å². The van der Waals surface area contributed by atoms with E-state index in [0.29, 0.717) is 11.7 Å². The maximum Gasteiger partial charge on any atom is 0.358 e. The monoisotopic (exact) mass is 376 g/mol. The molecule has 138 valence electrons. The Bertz CT molecular complexity index is 761. The van der Waals surface area contributed by atoms with Crippen molar-refractivity contribution in [2.75, 3.05) is 11.9 Å². The van der Waals surface area contributed by atoms with Gasteiger partial charge in [0.05, 0.1) is 0 Å². The Balaban J connectivity index is 1.76. The Hall–Kier alpha value is -2.94. The van der Waals surface area contributed by atoms with Crippen LogP contribution >= 0.6 is 11.3 Å². The minimum atomic E-state index is -0.728. The van der Waals surface area contributed by atoms with Gasteiger partial charge in [-0.05, 0) is 19.4 Å². The number of hydrogen-bond donors (Lipinski definition) is 3. The van der Waals surface area contributed by atoms with Crippen LogP contribution in [0, 0.1) is 0 Å². The molecule has 1 aromatic heterocycles. The largest absolute Gasteiger partial charge is 0.451 e. The Morgan fingerprint density at radius 1 is 1.19 bits per heavy atom. The highest BCUT2D eigenvalue weighted by Gasteiger charge is 2.15. The highest BCUT2D eigenvalue weighted by Crippen LogP contribution is 2.17. The van der Waals surface area contributed by atoms with Crippen LogP contribution in [0.25, 0.3) is 0 Å². The SMILES string of the molecule is CC(C)NC(=O)NC(=O)COC(=O)c1csc(NCc2ccccc2)n1. The number of imide groups is 1. The highest BCUT2D eigenvalue weighted by molar-refractivity contribution is 7.13. The lowest BCUT2D eigenvalue weighted by Gasteiger charge is -2.09. The first-order chi connectivity index (χ1) is 12.4. The average Bonchev–Trinajstić information content (AvgIpc) is 3.07. The van der Waals surface area contributed by atoms with Gasteiger partial charge in [-0.25, -0.2) is 14.6 Å². The van der Waals surface area contributed by atoms with Gasteiger partial charge in [-0.3, -0.25) is 10.1 Å². The third-order valence-corrected chi connectivity index (χ3v) is 3.81. The molecule has 0 spiro atoms. The summed E-state index contributed by atoms with van der Waals surface area (Å²) in [5.74, 6) is -1.44. The second kappa shape index (κ2) is 9.52. The van der Waals surface area contributed by atoms with E-state index < -0.39 is 24.5 Å². The number of nitrogens with zero attached hydrogens (tertiary/aromatic N) is 1. The maximum atomic E-state index is 11.9. The Morgan fingerprint density at radius 3 is 2.62 bits per heavy atom. The van der Waals surface area contributed by atoms with Crippen LogP contribution in [0.5, 0.6) is 0 Å². The number of ether oxygens (including phenoxy) is 1. The summed E-state index contributed by atoms with van der Waals surface area (Å²) in [7, 11) is 0. The molecular weight excluding hydrogens is 356 g/mol. The molecule has 0 aliphatic rings. The first-order valence-corrected chi connectivity index (χ1v) is 8.83. The van der Waals surface area contributed by atoms with E-state index in [9.17, 15) is 14.4 Å². The van der Waals surface area contributed by atoms with Crippen molar-refractivity contribution in [2.24, 2.45) is 0 Å². The molecule has 9 heteroatoms. The number of urea groups is 1. The van der Waals surface area contributed by atoms with E-state index in [0.717, 1.165) is 5.56 Å². The summed E-state index contributed by atoms with van der Waals surface area (Å²) in [6, 6.07) is 9.02. The van der Waals surface area contributed by atoms with Crippen molar-refractivity contribution in [3.63, 3.8) is 0 Å². The number of esters is 1. The van der Waals surface area contributed by atoms with Crippen LogP contribution in [-0.4, -0.2) is 35.5 Å². The summed E-state index contributed by atoms with van der Waals surface area (Å²) in [5.41, 5.74) is 1.19. The first-order valence-electron chi connectivity index (χ1n) is 7.95. The number of anilines is 1. The van der Waals surface area contributed by atoms with Gasteiger partial charge in [0.2, 0.25) is 0 Å². The van der Waals surface area contributed by atoms with Crippen LogP contribution < -0.4 is 16.0 Å². The van der Waals surface area contributed by atoms with Crippen molar-refractivity contribution in [1.82, 2.24) is 15.6 Å². The Labute approximate surface area is 155 Å². The summed E-state index contributed by atoms with van der Waals surface area (Å²) in [6.45, 7) is 3.54. The van der Waals surface area contributed by atoms with E-state index in [1.54, 1.807) is 19.2 Å². The smallest absolute Gasteiger partial charge is 0.358 e. The van der Waals surface area contributed by atoms with Crippen LogP contribution in [0.4, 0.5) is 9.93 Å². The van der Waals surface area contributed by atoms with Gasteiger partial charge in [0.1, 0.15) is 0 Å². The van der Waals surface area contributed by atoms with Gasteiger partial charge in [0.25, 0.3) is 5.91 Å². The number of carbonyl (C=O) groups is 3. The van der Waals surface area contributed by atoms with Gasteiger partial charge in [-0.15, -0.1) is 11.3 Å². The van der Waals surface area contributed by atoms with Crippen LogP contribution in [0.3, 0.4) is 0 Å². The first kappa shape index (κ1) is 19.4. The minimum Gasteiger partial charge on any atom is -0.451 e. The van der Waals surface area contributed by atoms with Gasteiger partial charge in [-0.2, -0.15) is 0 Å². The molecule has 3 N–H and O–H groups in total. The summed E-state index contributed by atoms with van der Waals surface area (Å²) in [4.78, 5) is 39.0. The van der Waals surface area contributed by atoms with Crippen molar-refractivity contribution >= 4 is 34.4 Å². The molecule has 0 aliphatic carbocycles. The number of thiazole rings is 1. The standard InChI is InChI=1S/C17H20N4O4S/c1-11(2)19-16(24)21-14(22)9-25-15(23)13-10-26-17(20-13)18-8-12-6-4-3-5-7-12/h3-7,10-11H,8-9H2,1-2H3,(H,18,20)(H2,19,21,22,24). The molecule has 1 aromatic carbocycles. The molecular formula is C17H20N4O4S. The number of carbonyl (C=O) groups excluding carboxylic acids is 3. The molecule has 0 atom stereocenters. The molecule has 0 fully saturated rings. The summed E-state index contributed by atoms with van der Waals surface area (Å²) in [5, 5.41) is 9.78. The number of aromatic nitrogens is 1. The van der Waals surface area contributed by atoms with Crippen molar-refractivity contribution in [3.05, 3.63) is 47.0 Å². The minimum absolute atomic E-state index is 0.102. The summed E-state index contributed by atoms with van der Waals surface area (Å²) >= 11 is 1.26. The Kier molecular flexibility index (Phi) is 7.10. The third kappa shape index (κ3) is 6.52. The fraction of sp³-hybridized carbons (Fsp3) is 0.294. The summed E-state index contributed by atoms with van der Waals surface area (Å²) < 4.78 is 4.86. The van der Waals surface area contributed by atoms with Gasteiger partial charge in [0.15, 0.2) is 17.4 Å². The number of hydrogen-bond acceptors (Lipinski definition) is 7. The zero-order valence-corrected chi connectivity index (χ0v) is 15.3. The fourth-order valence-corrected chi connectivity index (χ4v) is 2.57. The average molecular weight is 376 g/mol. The normalized spacial score (nSPS) is 10.3. The van der Waals surface area contributed by atoms with Gasteiger partial charge in [0, 0.05) is 18.0 Å². The third-order valence-electron chi connectivity index (χ3n) is 3.01. The molecule has 8 nitrogen and oxygen atoms in total. The number of nitrogens with one attached hydrogen (secondary N) is 3. The second-order valence-corrected chi connectivity index (χ2v) is 6.49. The van der Waals surface area contributed by atoms with E-state index in [1.165, 1.54) is 11.3 Å². The van der Waals surface area contributed by atoms with Crippen molar-refractivity contribution in [1.29, 1.82) is 0 Å². The molecule has 2 rings (SSSR count). The zero-order chi connectivity index (χ0) is 18.9. The molecule has 2 aromatic rings. The lowest BCUT2D eigenvalue weighted by molar-refractivity contribution is -0.123. The van der Waals surface area contributed by atoms with Crippen molar-refractivity contribution in [2.45, 2.75) is 26.4 Å². The van der Waals surface area contributed by atoms with E-state index in [4.69, 9.17) is 4.74 Å². The van der Waals surface area contributed by atoms with E-state index >= 15 is 0 Å². The van der Waals surface area contributed by atoms with Crippen molar-refractivity contribution in [3.8, 4) is 0 Å². The molecule has 0 bridgehead atoms. The van der Waals surface area contributed by atoms with E-state index in [2.05, 4.69) is 20.9 Å². The fourth-order valence-electron chi connectivity index (χ4n) is 1.89. The van der Waals surface area contributed by atoms with Gasteiger partial charge >= 0.3 is 12.0 Å². The molecule has 0 saturated heterocycles. The molecule has 1 heterocycles. The quantitative estimate of drug-likeness (QED) is 0.639. The molecule has 0 saturated carbocycles. The Morgan fingerprint density at radius 2 is 1.92 bits per heavy atom. The van der Waals surface area contributed by atoms with Crippen LogP contribution in [-0.2, 0) is 16.1 Å². The summed E-state index contributed by atoms with van der Waals surface area (Å²) in [6.07, 6.45) is 0. The lowest BCUT2D eigenvalue weighted by Crippen LogP contribution is -2.44. The predicted molar refractivity (Wildman–Crippen MR) is 98.0 cm³/mol. The second-order valence-electron chi connectivity index (χ2n) is 5.63. The maximum absolute atomic E-state index is 11.9. The van der Waals surface area contributed by atoms with Crippen LogP contribution in [0.1, 0.15) is 29.9 Å². The van der Waals surface area contributed by atoms with Gasteiger partial charge < -0.3 is 15.4 Å². The lowest BCUT2D eigenvalue weighted by atomic mass is 10.2. The highest BCUT2D eigenvalue weighted by atomic mass is 32.1. The van der Waals surface area contributed by atoms with E-state index in [1.807, 2.05) is 30.3 Å². The molecule has 0 aliphatic heterocycles. The van der Waals surface area contributed by atoms with E-state index in [-0.39, 0.29) is 11.7 Å². The molecule has 26 heavy (non-hydrogen) atoms. The molecule has 0 radical (unpaired) electrons. The zero-order valence-electron chi connectivity index (χ0n) is 14.4.